The summed E-state index contributed by atoms with van der Waals surface area (Å²) in [6.45, 7) is 0.299. The molecule has 3 aromatic carbocycles. The van der Waals surface area contributed by atoms with Crippen molar-refractivity contribution in [3.05, 3.63) is 101 Å². The Kier molecular flexibility index (Phi) is 6.53. The Morgan fingerprint density at radius 1 is 0.879 bits per heavy atom. The van der Waals surface area contributed by atoms with Gasteiger partial charge < -0.3 is 4.74 Å². The minimum absolute atomic E-state index is 0.0649. The zero-order valence-electron chi connectivity index (χ0n) is 18.3. The van der Waals surface area contributed by atoms with Crippen molar-refractivity contribution in [2.75, 3.05) is 5.75 Å². The molecule has 0 spiro atoms. The Balaban J connectivity index is 1.35. The molecule has 0 fully saturated rings. The van der Waals surface area contributed by atoms with Gasteiger partial charge in [0.25, 0.3) is 0 Å². The largest absolute Gasteiger partial charge is 0.486 e. The number of ether oxygens (including phenoxy) is 1. The van der Waals surface area contributed by atoms with E-state index in [1.54, 1.807) is 0 Å². The molecule has 0 aliphatic heterocycles. The van der Waals surface area contributed by atoms with Crippen molar-refractivity contribution in [3.8, 4) is 11.4 Å². The van der Waals surface area contributed by atoms with Gasteiger partial charge in [-0.2, -0.15) is 0 Å². The van der Waals surface area contributed by atoms with Crippen LogP contribution in [0.2, 0.25) is 0 Å². The molecule has 0 N–H and O–H groups in total. The first-order chi connectivity index (χ1) is 16.3. The molecule has 1 heterocycles. The summed E-state index contributed by atoms with van der Waals surface area (Å²) in [5.41, 5.74) is 4.47. The lowest BCUT2D eigenvalue weighted by Gasteiger charge is -2.17. The highest BCUT2D eigenvalue weighted by Crippen LogP contribution is 2.27. The molecule has 6 heteroatoms. The minimum atomic E-state index is 0.0649. The van der Waals surface area contributed by atoms with Crippen LogP contribution < -0.4 is 4.74 Å². The normalized spacial score (nSPS) is 12.8. The first-order valence-corrected chi connectivity index (χ1v) is 12.2. The van der Waals surface area contributed by atoms with E-state index in [4.69, 9.17) is 4.74 Å². The van der Waals surface area contributed by atoms with Crippen LogP contribution in [0, 0.1) is 0 Å². The molecule has 166 valence electrons. The van der Waals surface area contributed by atoms with Gasteiger partial charge in [-0.05, 0) is 61.1 Å². The Labute approximate surface area is 197 Å². The third-order valence-corrected chi connectivity index (χ3v) is 6.76. The number of ketones is 1. The van der Waals surface area contributed by atoms with Crippen molar-refractivity contribution in [1.82, 2.24) is 14.8 Å². The SMILES string of the molecule is O=C(CSc1nnc(COc2ccc3c(c2)CCCC3)n1-c1ccccc1)c1ccccc1. The van der Waals surface area contributed by atoms with Gasteiger partial charge in [-0.3, -0.25) is 9.36 Å². The smallest absolute Gasteiger partial charge is 0.196 e. The van der Waals surface area contributed by atoms with E-state index in [1.807, 2.05) is 71.3 Å². The van der Waals surface area contributed by atoms with Crippen LogP contribution in [-0.2, 0) is 19.4 Å². The number of benzene rings is 3. The number of hydrogen-bond donors (Lipinski definition) is 0. The summed E-state index contributed by atoms with van der Waals surface area (Å²) in [7, 11) is 0. The summed E-state index contributed by atoms with van der Waals surface area (Å²) in [5.74, 6) is 1.91. The number of nitrogens with zero attached hydrogens (tertiary/aromatic N) is 3. The maximum absolute atomic E-state index is 12.6. The van der Waals surface area contributed by atoms with Crippen molar-refractivity contribution in [1.29, 1.82) is 0 Å². The fourth-order valence-electron chi connectivity index (χ4n) is 4.11. The quantitative estimate of drug-likeness (QED) is 0.252. The van der Waals surface area contributed by atoms with Gasteiger partial charge in [0.15, 0.2) is 16.8 Å². The van der Waals surface area contributed by atoms with Crippen LogP contribution in [0.3, 0.4) is 0 Å². The van der Waals surface area contributed by atoms with E-state index in [2.05, 4.69) is 22.3 Å². The summed E-state index contributed by atoms with van der Waals surface area (Å²) in [4.78, 5) is 12.6. The molecule has 0 atom stereocenters. The predicted octanol–water partition coefficient (Wildman–Crippen LogP) is 5.70. The fraction of sp³-hybridized carbons (Fsp3) is 0.222. The van der Waals surface area contributed by atoms with Gasteiger partial charge in [0, 0.05) is 11.3 Å². The van der Waals surface area contributed by atoms with Crippen LogP contribution in [0.4, 0.5) is 0 Å². The third-order valence-electron chi connectivity index (χ3n) is 5.83. The Bertz CT molecular complexity index is 1240. The predicted molar refractivity (Wildman–Crippen MR) is 130 cm³/mol. The van der Waals surface area contributed by atoms with Crippen LogP contribution in [0.5, 0.6) is 5.75 Å². The summed E-state index contributed by atoms with van der Waals surface area (Å²) in [6.07, 6.45) is 4.77. The van der Waals surface area contributed by atoms with Gasteiger partial charge in [0.1, 0.15) is 12.4 Å². The second-order valence-electron chi connectivity index (χ2n) is 8.07. The first kappa shape index (κ1) is 21.5. The number of fused-ring (bicyclic) bond motifs is 1. The van der Waals surface area contributed by atoms with Gasteiger partial charge in [-0.25, -0.2) is 0 Å². The maximum atomic E-state index is 12.6. The van der Waals surface area contributed by atoms with E-state index in [9.17, 15) is 4.79 Å². The van der Waals surface area contributed by atoms with E-state index in [0.717, 1.165) is 24.3 Å². The van der Waals surface area contributed by atoms with Crippen molar-refractivity contribution in [2.45, 2.75) is 37.4 Å². The molecule has 0 radical (unpaired) electrons. The highest BCUT2D eigenvalue weighted by atomic mass is 32.2. The summed E-state index contributed by atoms with van der Waals surface area (Å²) >= 11 is 1.39. The van der Waals surface area contributed by atoms with E-state index in [1.165, 1.54) is 35.7 Å². The number of aromatic nitrogens is 3. The molecular formula is C27H25N3O2S. The van der Waals surface area contributed by atoms with Crippen LogP contribution in [0.15, 0.2) is 84.0 Å². The zero-order valence-corrected chi connectivity index (χ0v) is 19.1. The fourth-order valence-corrected chi connectivity index (χ4v) is 4.97. The Morgan fingerprint density at radius 3 is 2.39 bits per heavy atom. The van der Waals surface area contributed by atoms with Crippen molar-refractivity contribution >= 4 is 17.5 Å². The first-order valence-electron chi connectivity index (χ1n) is 11.2. The molecule has 33 heavy (non-hydrogen) atoms. The van der Waals surface area contributed by atoms with Crippen LogP contribution >= 0.6 is 11.8 Å². The molecule has 0 saturated carbocycles. The number of para-hydroxylation sites is 1. The molecule has 5 rings (SSSR count). The summed E-state index contributed by atoms with van der Waals surface area (Å²) < 4.78 is 8.10. The lowest BCUT2D eigenvalue weighted by atomic mass is 9.92. The number of hydrogen-bond acceptors (Lipinski definition) is 5. The van der Waals surface area contributed by atoms with Crippen LogP contribution in [0.25, 0.3) is 5.69 Å². The molecule has 0 amide bonds. The van der Waals surface area contributed by atoms with Crippen molar-refractivity contribution < 1.29 is 9.53 Å². The zero-order chi connectivity index (χ0) is 22.5. The number of thioether (sulfide) groups is 1. The second-order valence-corrected chi connectivity index (χ2v) is 9.02. The average molecular weight is 456 g/mol. The maximum Gasteiger partial charge on any atom is 0.196 e. The number of rotatable bonds is 8. The van der Waals surface area contributed by atoms with Gasteiger partial charge in [0.05, 0.1) is 5.75 Å². The van der Waals surface area contributed by atoms with E-state index in [0.29, 0.717) is 28.9 Å². The third kappa shape index (κ3) is 5.01. The lowest BCUT2D eigenvalue weighted by Crippen LogP contribution is -2.08. The molecule has 4 aromatic rings. The molecule has 1 aliphatic carbocycles. The lowest BCUT2D eigenvalue weighted by molar-refractivity contribution is 0.102. The molecular weight excluding hydrogens is 430 g/mol. The van der Waals surface area contributed by atoms with Crippen LogP contribution in [-0.4, -0.2) is 26.3 Å². The minimum Gasteiger partial charge on any atom is -0.486 e. The molecule has 0 saturated heterocycles. The highest BCUT2D eigenvalue weighted by molar-refractivity contribution is 7.99. The van der Waals surface area contributed by atoms with E-state index >= 15 is 0 Å². The van der Waals surface area contributed by atoms with Gasteiger partial charge >= 0.3 is 0 Å². The monoisotopic (exact) mass is 455 g/mol. The number of carbonyl (C=O) groups excluding carboxylic acids is 1. The van der Waals surface area contributed by atoms with Gasteiger partial charge in [0.2, 0.25) is 0 Å². The standard InChI is InChI=1S/C27H25N3O2S/c31-25(21-10-3-1-4-11-21)19-33-27-29-28-26(30(27)23-13-5-2-6-14-23)18-32-24-16-15-20-9-7-8-12-22(20)17-24/h1-6,10-11,13-17H,7-9,12,18-19H2. The molecule has 0 unspecified atom stereocenters. The number of aryl methyl sites for hydroxylation is 2. The van der Waals surface area contributed by atoms with E-state index in [-0.39, 0.29) is 5.78 Å². The molecule has 5 nitrogen and oxygen atoms in total. The molecule has 1 aromatic heterocycles. The Hall–Kier alpha value is -3.38. The van der Waals surface area contributed by atoms with Crippen LogP contribution in [0.1, 0.15) is 40.2 Å². The summed E-state index contributed by atoms with van der Waals surface area (Å²) in [5, 5.41) is 9.46. The van der Waals surface area contributed by atoms with Gasteiger partial charge in [-0.1, -0.05) is 66.4 Å². The topological polar surface area (TPSA) is 57.0 Å². The second kappa shape index (κ2) is 10.0. The van der Waals surface area contributed by atoms with Crippen molar-refractivity contribution in [2.24, 2.45) is 0 Å². The average Bonchev–Trinajstić information content (AvgIpc) is 3.29. The highest BCUT2D eigenvalue weighted by Gasteiger charge is 2.17. The number of carbonyl (C=O) groups is 1. The van der Waals surface area contributed by atoms with E-state index < -0.39 is 0 Å². The summed E-state index contributed by atoms with van der Waals surface area (Å²) in [6, 6.07) is 25.7. The molecule has 1 aliphatic rings. The Morgan fingerprint density at radius 2 is 1.61 bits per heavy atom. The van der Waals surface area contributed by atoms with Crippen molar-refractivity contribution in [3.63, 3.8) is 0 Å². The number of Topliss-reactive ketones (excluding diaryl/α,β-unsaturated/α-hetero) is 1. The van der Waals surface area contributed by atoms with Gasteiger partial charge in [-0.15, -0.1) is 10.2 Å². The molecule has 0 bridgehead atoms.